The summed E-state index contributed by atoms with van der Waals surface area (Å²) in [6, 6.07) is 7.49. The molecule has 2 aromatic rings. The van der Waals surface area contributed by atoms with E-state index in [1.807, 2.05) is 12.1 Å². The Bertz CT molecular complexity index is 649. The van der Waals surface area contributed by atoms with Crippen molar-refractivity contribution in [2.24, 2.45) is 0 Å². The van der Waals surface area contributed by atoms with E-state index in [2.05, 4.69) is 10.3 Å². The first-order valence-electron chi connectivity index (χ1n) is 7.54. The molecule has 0 saturated heterocycles. The highest BCUT2D eigenvalue weighted by atomic mass is 16.6. The molecule has 1 saturated carbocycles. The Balaban J connectivity index is 1.95. The molecule has 0 radical (unpaired) electrons. The van der Waals surface area contributed by atoms with E-state index in [4.69, 9.17) is 0 Å². The Kier molecular flexibility index (Phi) is 3.99. The first-order chi connectivity index (χ1) is 10.3. The largest absolute Gasteiger partial charge is 0.382 e. The summed E-state index contributed by atoms with van der Waals surface area (Å²) in [7, 11) is 0. The number of non-ortho nitro benzene ring substituents is 1. The van der Waals surface area contributed by atoms with E-state index in [0.717, 1.165) is 11.1 Å². The van der Waals surface area contributed by atoms with E-state index >= 15 is 0 Å². The molecule has 3 rings (SSSR count). The number of nitro benzene ring substituents is 1. The lowest BCUT2D eigenvalue weighted by Crippen LogP contribution is -2.18. The van der Waals surface area contributed by atoms with E-state index in [1.54, 1.807) is 12.3 Å². The van der Waals surface area contributed by atoms with Crippen LogP contribution in [0.3, 0.4) is 0 Å². The van der Waals surface area contributed by atoms with Crippen molar-refractivity contribution in [3.63, 3.8) is 0 Å². The van der Waals surface area contributed by atoms with Crippen LogP contribution in [0.4, 0.5) is 11.4 Å². The second-order valence-corrected chi connectivity index (χ2v) is 5.62. The minimum absolute atomic E-state index is 0.0667. The number of hydrogen-bond acceptors (Lipinski definition) is 4. The highest BCUT2D eigenvalue weighted by Crippen LogP contribution is 2.30. The highest BCUT2D eigenvalue weighted by molar-refractivity contribution is 5.96. The fraction of sp³-hybridized carbons (Fsp3) is 0.438. The van der Waals surface area contributed by atoms with Gasteiger partial charge in [-0.05, 0) is 18.9 Å². The predicted molar refractivity (Wildman–Crippen MR) is 83.5 cm³/mol. The maximum absolute atomic E-state index is 11.1. The van der Waals surface area contributed by atoms with E-state index in [1.165, 1.54) is 44.6 Å². The number of fused-ring (bicyclic) bond motifs is 1. The molecule has 5 nitrogen and oxygen atoms in total. The molecule has 1 aromatic carbocycles. The minimum Gasteiger partial charge on any atom is -0.382 e. The van der Waals surface area contributed by atoms with Gasteiger partial charge in [0.25, 0.3) is 5.69 Å². The maximum atomic E-state index is 11.1. The minimum atomic E-state index is -0.370. The van der Waals surface area contributed by atoms with Crippen LogP contribution in [0.5, 0.6) is 0 Å². The van der Waals surface area contributed by atoms with Gasteiger partial charge in [0.1, 0.15) is 5.52 Å². The van der Waals surface area contributed by atoms with Gasteiger partial charge in [-0.3, -0.25) is 10.1 Å². The number of benzene rings is 1. The number of anilines is 1. The van der Waals surface area contributed by atoms with Crippen LogP contribution < -0.4 is 5.32 Å². The van der Waals surface area contributed by atoms with Crippen LogP contribution in [0, 0.1) is 10.1 Å². The topological polar surface area (TPSA) is 68.1 Å². The molecule has 1 aliphatic carbocycles. The zero-order valence-electron chi connectivity index (χ0n) is 11.9. The first kappa shape index (κ1) is 13.8. The molecule has 0 unspecified atom stereocenters. The number of pyridine rings is 1. The van der Waals surface area contributed by atoms with Gasteiger partial charge in [-0.15, -0.1) is 0 Å². The molecule has 1 N–H and O–H groups in total. The van der Waals surface area contributed by atoms with E-state index < -0.39 is 0 Å². The second-order valence-electron chi connectivity index (χ2n) is 5.62. The number of hydrogen-bond donors (Lipinski definition) is 1. The molecule has 0 spiro atoms. The van der Waals surface area contributed by atoms with Crippen molar-refractivity contribution in [2.75, 3.05) is 5.32 Å². The molecule has 21 heavy (non-hydrogen) atoms. The molecule has 0 atom stereocenters. The van der Waals surface area contributed by atoms with Crippen LogP contribution in [0.25, 0.3) is 10.9 Å². The van der Waals surface area contributed by atoms with Crippen LogP contribution in [0.2, 0.25) is 0 Å². The summed E-state index contributed by atoms with van der Waals surface area (Å²) in [6.07, 6.45) is 9.09. The van der Waals surface area contributed by atoms with Gasteiger partial charge in [0.2, 0.25) is 0 Å². The smallest absolute Gasteiger partial charge is 0.295 e. The SMILES string of the molecule is O=[N+]([O-])c1cccc2c(NC3CCCCCC3)ccnc12. The summed E-state index contributed by atoms with van der Waals surface area (Å²) in [6.45, 7) is 0. The number of nitrogens with zero attached hydrogens (tertiary/aromatic N) is 2. The van der Waals surface area contributed by atoms with Crippen LogP contribution >= 0.6 is 0 Å². The van der Waals surface area contributed by atoms with E-state index in [-0.39, 0.29) is 10.6 Å². The third kappa shape index (κ3) is 2.96. The predicted octanol–water partition coefficient (Wildman–Crippen LogP) is 4.28. The summed E-state index contributed by atoms with van der Waals surface area (Å²) in [5, 5.41) is 15.5. The molecule has 1 heterocycles. The summed E-state index contributed by atoms with van der Waals surface area (Å²) in [5.41, 5.74) is 1.48. The maximum Gasteiger partial charge on any atom is 0.295 e. The third-order valence-electron chi connectivity index (χ3n) is 4.16. The molecule has 0 bridgehead atoms. The van der Waals surface area contributed by atoms with Gasteiger partial charge in [-0.1, -0.05) is 37.8 Å². The Hall–Kier alpha value is -2.17. The van der Waals surface area contributed by atoms with Crippen LogP contribution in [-0.4, -0.2) is 15.9 Å². The number of rotatable bonds is 3. The van der Waals surface area contributed by atoms with Crippen molar-refractivity contribution >= 4 is 22.3 Å². The van der Waals surface area contributed by atoms with Gasteiger partial charge >= 0.3 is 0 Å². The first-order valence-corrected chi connectivity index (χ1v) is 7.54. The lowest BCUT2D eigenvalue weighted by atomic mass is 10.1. The summed E-state index contributed by atoms with van der Waals surface area (Å²) in [4.78, 5) is 14.9. The molecular formula is C16H19N3O2. The molecule has 5 heteroatoms. The Morgan fingerprint density at radius 3 is 2.62 bits per heavy atom. The Labute approximate surface area is 123 Å². The lowest BCUT2D eigenvalue weighted by molar-refractivity contribution is -0.383. The van der Waals surface area contributed by atoms with Gasteiger partial charge in [0.05, 0.1) is 4.92 Å². The summed E-state index contributed by atoms with van der Waals surface area (Å²) < 4.78 is 0. The quantitative estimate of drug-likeness (QED) is 0.519. The molecule has 1 fully saturated rings. The number of nitro groups is 1. The number of aromatic nitrogens is 1. The van der Waals surface area contributed by atoms with Gasteiger partial charge in [0, 0.05) is 29.4 Å². The lowest BCUT2D eigenvalue weighted by Gasteiger charge is -2.18. The van der Waals surface area contributed by atoms with Gasteiger partial charge in [0.15, 0.2) is 0 Å². The molecular weight excluding hydrogens is 266 g/mol. The van der Waals surface area contributed by atoms with Crippen molar-refractivity contribution in [1.82, 2.24) is 4.98 Å². The summed E-state index contributed by atoms with van der Waals surface area (Å²) >= 11 is 0. The number of para-hydroxylation sites is 1. The normalized spacial score (nSPS) is 16.6. The second kappa shape index (κ2) is 6.08. The molecule has 0 aliphatic heterocycles. The van der Waals surface area contributed by atoms with Gasteiger partial charge in [-0.2, -0.15) is 0 Å². The van der Waals surface area contributed by atoms with E-state index in [0.29, 0.717) is 11.6 Å². The third-order valence-corrected chi connectivity index (χ3v) is 4.16. The fourth-order valence-electron chi connectivity index (χ4n) is 3.08. The van der Waals surface area contributed by atoms with Crippen LogP contribution in [0.1, 0.15) is 38.5 Å². The molecule has 110 valence electrons. The van der Waals surface area contributed by atoms with Crippen molar-refractivity contribution in [3.8, 4) is 0 Å². The molecule has 1 aromatic heterocycles. The van der Waals surface area contributed by atoms with Crippen molar-refractivity contribution in [2.45, 2.75) is 44.6 Å². The van der Waals surface area contributed by atoms with Crippen LogP contribution in [-0.2, 0) is 0 Å². The van der Waals surface area contributed by atoms with Crippen molar-refractivity contribution in [1.29, 1.82) is 0 Å². The Morgan fingerprint density at radius 2 is 1.90 bits per heavy atom. The van der Waals surface area contributed by atoms with Crippen molar-refractivity contribution < 1.29 is 4.92 Å². The van der Waals surface area contributed by atoms with E-state index in [9.17, 15) is 10.1 Å². The average Bonchev–Trinajstić information content (AvgIpc) is 2.75. The van der Waals surface area contributed by atoms with Crippen LogP contribution in [0.15, 0.2) is 30.5 Å². The molecule has 0 amide bonds. The zero-order chi connectivity index (χ0) is 14.7. The average molecular weight is 285 g/mol. The molecule has 1 aliphatic rings. The monoisotopic (exact) mass is 285 g/mol. The highest BCUT2D eigenvalue weighted by Gasteiger charge is 2.17. The van der Waals surface area contributed by atoms with Gasteiger partial charge in [-0.25, -0.2) is 4.98 Å². The number of nitrogens with one attached hydrogen (secondary N) is 1. The fourth-order valence-corrected chi connectivity index (χ4v) is 3.08. The Morgan fingerprint density at radius 1 is 1.14 bits per heavy atom. The summed E-state index contributed by atoms with van der Waals surface area (Å²) in [5.74, 6) is 0. The van der Waals surface area contributed by atoms with Gasteiger partial charge < -0.3 is 5.32 Å². The van der Waals surface area contributed by atoms with Crippen molar-refractivity contribution in [3.05, 3.63) is 40.6 Å². The zero-order valence-corrected chi connectivity index (χ0v) is 11.9. The standard InChI is InChI=1S/C16H19N3O2/c20-19(21)15-9-5-8-13-14(10-11-17-16(13)15)18-12-6-3-1-2-4-7-12/h5,8-12H,1-4,6-7H2,(H,17,18).